The van der Waals surface area contributed by atoms with Crippen LogP contribution >= 0.6 is 0 Å². The first-order valence-corrected chi connectivity index (χ1v) is 13.3. The number of amides is 1. The molecule has 0 spiro atoms. The number of rotatable bonds is 5. The number of aryl methyl sites for hydroxylation is 1. The van der Waals surface area contributed by atoms with Crippen molar-refractivity contribution in [2.45, 2.75) is 87.3 Å². The van der Waals surface area contributed by atoms with Gasteiger partial charge >= 0.3 is 12.1 Å². The molecule has 10 heteroatoms. The first-order valence-electron chi connectivity index (χ1n) is 13.3. The van der Waals surface area contributed by atoms with Crippen molar-refractivity contribution in [1.29, 1.82) is 0 Å². The van der Waals surface area contributed by atoms with Gasteiger partial charge in [-0.05, 0) is 80.7 Å². The summed E-state index contributed by atoms with van der Waals surface area (Å²) < 4.78 is 69.8. The highest BCUT2D eigenvalue weighted by Crippen LogP contribution is 2.51. The maximum absolute atomic E-state index is 14.8. The Morgan fingerprint density at radius 3 is 2.41 bits per heavy atom. The summed E-state index contributed by atoms with van der Waals surface area (Å²) >= 11 is 0. The lowest BCUT2D eigenvalue weighted by atomic mass is 9.64. The number of pyridine rings is 1. The first kappa shape index (κ1) is 27.5. The lowest BCUT2D eigenvalue weighted by Gasteiger charge is -2.44. The Balaban J connectivity index is 1.48. The van der Waals surface area contributed by atoms with Crippen LogP contribution in [0, 0.1) is 5.92 Å². The van der Waals surface area contributed by atoms with Crippen LogP contribution in [0.4, 0.5) is 22.0 Å². The highest BCUT2D eigenvalue weighted by atomic mass is 19.4. The topological polar surface area (TPSA) is 70.5 Å². The third-order valence-corrected chi connectivity index (χ3v) is 9.23. The van der Waals surface area contributed by atoms with Gasteiger partial charge in [0.15, 0.2) is 0 Å². The summed E-state index contributed by atoms with van der Waals surface area (Å²) in [6.45, 7) is 0.942. The smallest absolute Gasteiger partial charge is 0.426 e. The van der Waals surface area contributed by atoms with E-state index in [0.717, 1.165) is 11.3 Å². The summed E-state index contributed by atoms with van der Waals surface area (Å²) in [5.41, 5.74) is -4.65. The Kier molecular flexibility index (Phi) is 6.74. The fourth-order valence-corrected chi connectivity index (χ4v) is 6.88. The monoisotopic (exact) mass is 550 g/mol. The second-order valence-electron chi connectivity index (χ2n) is 11.4. The minimum atomic E-state index is -5.06. The largest absolute Gasteiger partial charge is 0.479 e. The quantitative estimate of drug-likeness (QED) is 0.475. The number of aliphatic carboxylic acids is 1. The molecule has 0 bridgehead atoms. The lowest BCUT2D eigenvalue weighted by Crippen LogP contribution is -2.51. The van der Waals surface area contributed by atoms with Crippen molar-refractivity contribution < 1.29 is 36.6 Å². The van der Waals surface area contributed by atoms with Gasteiger partial charge in [0.25, 0.3) is 0 Å². The second kappa shape index (κ2) is 9.55. The average molecular weight is 551 g/mol. The number of alkyl halides is 5. The van der Waals surface area contributed by atoms with Gasteiger partial charge < -0.3 is 10.0 Å². The number of aromatic nitrogens is 1. The third kappa shape index (κ3) is 4.59. The summed E-state index contributed by atoms with van der Waals surface area (Å²) in [5, 5.41) is 9.21. The molecule has 2 heterocycles. The molecular formula is C29H31F5N2O3. The van der Waals surface area contributed by atoms with Crippen LogP contribution < -0.4 is 0 Å². The molecule has 3 atom stereocenters. The standard InChI is InChI=1S/C29H31F5N2O3/c1-26(30,29(32,33)34)20-6-7-22-19(16-20)5-8-23-27(22,17-21-4-2-3-14-35-21)13-15-36(23)24(37)18-9-11-28(31,12-10-18)25(38)39/h2-4,6-7,14,16,18,23H,5,8-13,15,17H2,1H3,(H,38,39)/t18-,23?,26?,27?,28+. The van der Waals surface area contributed by atoms with E-state index in [4.69, 9.17) is 0 Å². The second-order valence-corrected chi connectivity index (χ2v) is 11.4. The minimum absolute atomic E-state index is 0.135. The Hall–Kier alpha value is -3.04. The number of fused-ring (bicyclic) bond motifs is 3. The van der Waals surface area contributed by atoms with Crippen LogP contribution in [0.15, 0.2) is 42.6 Å². The van der Waals surface area contributed by atoms with Crippen molar-refractivity contribution in [3.63, 3.8) is 0 Å². The Labute approximate surface area is 223 Å². The van der Waals surface area contributed by atoms with E-state index in [0.29, 0.717) is 44.7 Å². The molecule has 5 rings (SSSR count). The van der Waals surface area contributed by atoms with E-state index in [1.165, 1.54) is 12.1 Å². The molecule has 1 aromatic heterocycles. The van der Waals surface area contributed by atoms with E-state index < -0.39 is 40.4 Å². The number of carbonyl (C=O) groups is 2. The molecule has 0 radical (unpaired) electrons. The normalized spacial score (nSPS) is 30.3. The van der Waals surface area contributed by atoms with E-state index in [1.807, 2.05) is 17.0 Å². The molecule has 2 aliphatic carbocycles. The summed E-state index contributed by atoms with van der Waals surface area (Å²) in [7, 11) is 0. The van der Waals surface area contributed by atoms with Crippen molar-refractivity contribution in [2.24, 2.45) is 5.92 Å². The number of benzene rings is 1. The van der Waals surface area contributed by atoms with Gasteiger partial charge in [0.05, 0.1) is 0 Å². The van der Waals surface area contributed by atoms with E-state index in [2.05, 4.69) is 4.98 Å². The van der Waals surface area contributed by atoms with Crippen molar-refractivity contribution >= 4 is 11.9 Å². The summed E-state index contributed by atoms with van der Waals surface area (Å²) in [4.78, 5) is 31.3. The molecule has 1 amide bonds. The van der Waals surface area contributed by atoms with E-state index >= 15 is 0 Å². The maximum Gasteiger partial charge on any atom is 0.426 e. The predicted molar refractivity (Wildman–Crippen MR) is 132 cm³/mol. The highest BCUT2D eigenvalue weighted by Gasteiger charge is 2.56. The molecular weight excluding hydrogens is 519 g/mol. The number of halogens is 5. The molecule has 1 aliphatic heterocycles. The summed E-state index contributed by atoms with van der Waals surface area (Å²) in [6, 6.07) is 9.35. The SMILES string of the molecule is CC(F)(c1ccc2c(c1)CCC1N(C(=O)[C@H]3CC[C@](F)(C(=O)O)CC3)CCC21Cc1ccccn1)C(F)(F)F. The van der Waals surface area contributed by atoms with E-state index in [-0.39, 0.29) is 37.6 Å². The molecule has 2 fully saturated rings. The van der Waals surface area contributed by atoms with Crippen LogP contribution in [0.1, 0.15) is 67.8 Å². The van der Waals surface area contributed by atoms with Gasteiger partial charge in [-0.1, -0.05) is 24.3 Å². The average Bonchev–Trinajstić information content (AvgIpc) is 3.27. The van der Waals surface area contributed by atoms with Gasteiger partial charge in [0.1, 0.15) is 0 Å². The molecule has 39 heavy (non-hydrogen) atoms. The van der Waals surface area contributed by atoms with E-state index in [9.17, 15) is 36.6 Å². The van der Waals surface area contributed by atoms with Crippen LogP contribution in [-0.4, -0.2) is 51.3 Å². The van der Waals surface area contributed by atoms with Crippen LogP contribution in [0.5, 0.6) is 0 Å². The molecule has 3 unspecified atom stereocenters. The van der Waals surface area contributed by atoms with Gasteiger partial charge in [-0.15, -0.1) is 0 Å². The zero-order valence-electron chi connectivity index (χ0n) is 21.6. The minimum Gasteiger partial charge on any atom is -0.479 e. The number of carboxylic acids is 1. The number of hydrogen-bond donors (Lipinski definition) is 1. The molecule has 5 nitrogen and oxygen atoms in total. The number of carboxylic acid groups (broad SMARTS) is 1. The number of carbonyl (C=O) groups excluding carboxylic acids is 1. The van der Waals surface area contributed by atoms with Gasteiger partial charge in [0.2, 0.25) is 17.2 Å². The van der Waals surface area contributed by atoms with Crippen LogP contribution in [0.2, 0.25) is 0 Å². The number of hydrogen-bond acceptors (Lipinski definition) is 3. The van der Waals surface area contributed by atoms with E-state index in [1.54, 1.807) is 18.3 Å². The molecule has 2 aromatic rings. The molecule has 1 saturated heterocycles. The van der Waals surface area contributed by atoms with Gasteiger partial charge in [-0.3, -0.25) is 9.78 Å². The van der Waals surface area contributed by atoms with Gasteiger partial charge in [-0.25, -0.2) is 13.6 Å². The fourth-order valence-electron chi connectivity index (χ4n) is 6.88. The fraction of sp³-hybridized carbons (Fsp3) is 0.552. The van der Waals surface area contributed by atoms with Crippen LogP contribution in [0.3, 0.4) is 0 Å². The van der Waals surface area contributed by atoms with Crippen LogP contribution in [-0.2, 0) is 33.5 Å². The Morgan fingerprint density at radius 1 is 1.08 bits per heavy atom. The summed E-state index contributed by atoms with van der Waals surface area (Å²) in [5.74, 6) is -2.12. The lowest BCUT2D eigenvalue weighted by molar-refractivity contribution is -0.228. The molecule has 3 aliphatic rings. The Morgan fingerprint density at radius 2 is 1.79 bits per heavy atom. The molecule has 210 valence electrons. The summed E-state index contributed by atoms with van der Waals surface area (Å²) in [6.07, 6.45) is -1.67. The zero-order chi connectivity index (χ0) is 28.2. The molecule has 1 N–H and O–H groups in total. The third-order valence-electron chi connectivity index (χ3n) is 9.23. The van der Waals surface area contributed by atoms with Crippen molar-refractivity contribution in [2.75, 3.05) is 6.54 Å². The van der Waals surface area contributed by atoms with Gasteiger partial charge in [-0.2, -0.15) is 13.2 Å². The van der Waals surface area contributed by atoms with Crippen molar-refractivity contribution in [3.8, 4) is 0 Å². The molecule has 1 aromatic carbocycles. The molecule has 1 saturated carbocycles. The zero-order valence-corrected chi connectivity index (χ0v) is 21.6. The predicted octanol–water partition coefficient (Wildman–Crippen LogP) is 5.84. The van der Waals surface area contributed by atoms with Gasteiger partial charge in [0, 0.05) is 42.2 Å². The maximum atomic E-state index is 14.8. The number of likely N-dealkylation sites (tertiary alicyclic amines) is 1. The van der Waals surface area contributed by atoms with Crippen molar-refractivity contribution in [1.82, 2.24) is 9.88 Å². The number of nitrogens with zero attached hydrogens (tertiary/aromatic N) is 2. The van der Waals surface area contributed by atoms with Crippen molar-refractivity contribution in [3.05, 3.63) is 65.0 Å². The van der Waals surface area contributed by atoms with Crippen LogP contribution in [0.25, 0.3) is 0 Å². The first-order chi connectivity index (χ1) is 18.3. The highest BCUT2D eigenvalue weighted by molar-refractivity contribution is 5.82. The Bertz CT molecular complexity index is 1260.